The van der Waals surface area contributed by atoms with E-state index in [0.717, 1.165) is 19.3 Å². The molecule has 0 aliphatic carbocycles. The fourth-order valence-corrected chi connectivity index (χ4v) is 3.83. The van der Waals surface area contributed by atoms with Gasteiger partial charge in [0, 0.05) is 23.9 Å². The molecule has 0 unspecified atom stereocenters. The number of carbonyl (C=O) groups is 1. The monoisotopic (exact) mass is 331 g/mol. The van der Waals surface area contributed by atoms with Crippen molar-refractivity contribution in [3.05, 3.63) is 35.4 Å². The fourth-order valence-electron chi connectivity index (χ4n) is 3.83. The van der Waals surface area contributed by atoms with Crippen molar-refractivity contribution in [1.82, 2.24) is 4.90 Å². The molecule has 24 heavy (non-hydrogen) atoms. The third kappa shape index (κ3) is 4.38. The molecule has 0 bridgehead atoms. The molecule has 1 fully saturated rings. The second kappa shape index (κ2) is 6.87. The zero-order valence-electron chi connectivity index (χ0n) is 16.3. The van der Waals surface area contributed by atoms with E-state index in [0.29, 0.717) is 11.5 Å². The predicted octanol–water partition coefficient (Wildman–Crippen LogP) is 4.69. The average molecular weight is 332 g/mol. The van der Waals surface area contributed by atoms with Crippen molar-refractivity contribution in [2.24, 2.45) is 5.92 Å². The standard InChI is InChI=1S/C21H33NO2/c1-15(2)12-16-8-10-17(11-9-16)19(23)24-18-13-20(3,4)22(7)21(5,6)14-18/h8-11,15,18H,12-14H2,1-7H3. The number of esters is 1. The summed E-state index contributed by atoms with van der Waals surface area (Å²) >= 11 is 0. The van der Waals surface area contributed by atoms with Gasteiger partial charge in [0.15, 0.2) is 0 Å². The van der Waals surface area contributed by atoms with Crippen LogP contribution in [-0.2, 0) is 11.2 Å². The zero-order chi connectivity index (χ0) is 18.1. The lowest BCUT2D eigenvalue weighted by molar-refractivity contribution is -0.0732. The number of ether oxygens (including phenoxy) is 1. The Morgan fingerprint density at radius 3 is 2.08 bits per heavy atom. The minimum absolute atomic E-state index is 0.0216. The lowest BCUT2D eigenvalue weighted by Gasteiger charge is -2.53. The second-order valence-electron chi connectivity index (χ2n) is 8.91. The van der Waals surface area contributed by atoms with Gasteiger partial charge >= 0.3 is 5.97 Å². The van der Waals surface area contributed by atoms with Crippen LogP contribution in [0.4, 0.5) is 0 Å². The molecular formula is C21H33NO2. The highest BCUT2D eigenvalue weighted by Gasteiger charge is 2.44. The molecule has 0 spiro atoms. The first-order valence-corrected chi connectivity index (χ1v) is 9.05. The van der Waals surface area contributed by atoms with Crippen molar-refractivity contribution >= 4 is 5.97 Å². The first kappa shape index (κ1) is 19.0. The van der Waals surface area contributed by atoms with Crippen LogP contribution in [0.25, 0.3) is 0 Å². The van der Waals surface area contributed by atoms with Crippen molar-refractivity contribution in [2.45, 2.75) is 78.0 Å². The Hall–Kier alpha value is -1.35. The van der Waals surface area contributed by atoms with E-state index in [1.165, 1.54) is 5.56 Å². The Morgan fingerprint density at radius 2 is 1.62 bits per heavy atom. The molecule has 0 atom stereocenters. The minimum atomic E-state index is -0.202. The van der Waals surface area contributed by atoms with Crippen LogP contribution in [0, 0.1) is 5.92 Å². The molecule has 1 aliphatic rings. The first-order valence-electron chi connectivity index (χ1n) is 9.05. The number of benzene rings is 1. The lowest BCUT2D eigenvalue weighted by atomic mass is 9.79. The van der Waals surface area contributed by atoms with Crippen LogP contribution in [0.1, 0.15) is 70.3 Å². The molecule has 2 rings (SSSR count). The number of piperidine rings is 1. The molecule has 0 radical (unpaired) electrons. The van der Waals surface area contributed by atoms with Gasteiger partial charge in [-0.05, 0) is 64.8 Å². The van der Waals surface area contributed by atoms with E-state index in [1.807, 2.05) is 24.3 Å². The summed E-state index contributed by atoms with van der Waals surface area (Å²) in [5, 5.41) is 0. The highest BCUT2D eigenvalue weighted by molar-refractivity contribution is 5.89. The van der Waals surface area contributed by atoms with Crippen LogP contribution in [0.3, 0.4) is 0 Å². The molecule has 0 N–H and O–H groups in total. The summed E-state index contributed by atoms with van der Waals surface area (Å²) in [5.74, 6) is 0.416. The second-order valence-corrected chi connectivity index (χ2v) is 8.91. The quantitative estimate of drug-likeness (QED) is 0.749. The molecule has 3 nitrogen and oxygen atoms in total. The summed E-state index contributed by atoms with van der Waals surface area (Å²) in [5.41, 5.74) is 1.96. The number of hydrogen-bond donors (Lipinski definition) is 0. The fraction of sp³-hybridized carbons (Fsp3) is 0.667. The van der Waals surface area contributed by atoms with E-state index < -0.39 is 0 Å². The first-order chi connectivity index (χ1) is 11.0. The highest BCUT2D eigenvalue weighted by Crippen LogP contribution is 2.38. The van der Waals surface area contributed by atoms with Gasteiger partial charge in [0.25, 0.3) is 0 Å². The van der Waals surface area contributed by atoms with Gasteiger partial charge in [-0.3, -0.25) is 4.90 Å². The third-order valence-corrected chi connectivity index (χ3v) is 5.38. The van der Waals surface area contributed by atoms with Gasteiger partial charge in [0.1, 0.15) is 6.10 Å². The maximum atomic E-state index is 12.5. The normalized spacial score (nSPS) is 21.0. The number of likely N-dealkylation sites (tertiary alicyclic amines) is 1. The van der Waals surface area contributed by atoms with Crippen LogP contribution in [-0.4, -0.2) is 35.1 Å². The van der Waals surface area contributed by atoms with Crippen LogP contribution < -0.4 is 0 Å². The molecule has 0 aromatic heterocycles. The Morgan fingerprint density at radius 1 is 1.12 bits per heavy atom. The zero-order valence-corrected chi connectivity index (χ0v) is 16.3. The van der Waals surface area contributed by atoms with Gasteiger partial charge in [0.2, 0.25) is 0 Å². The predicted molar refractivity (Wildman–Crippen MR) is 99.3 cm³/mol. The number of rotatable bonds is 4. The van der Waals surface area contributed by atoms with Gasteiger partial charge in [-0.25, -0.2) is 4.79 Å². The van der Waals surface area contributed by atoms with Crippen molar-refractivity contribution in [3.8, 4) is 0 Å². The van der Waals surface area contributed by atoms with Gasteiger partial charge in [0.05, 0.1) is 5.56 Å². The van der Waals surface area contributed by atoms with Crippen LogP contribution in [0.2, 0.25) is 0 Å². The molecule has 1 aromatic rings. The minimum Gasteiger partial charge on any atom is -0.459 e. The molecule has 0 amide bonds. The Kier molecular flexibility index (Phi) is 5.44. The van der Waals surface area contributed by atoms with Crippen molar-refractivity contribution in [1.29, 1.82) is 0 Å². The molecule has 3 heteroatoms. The third-order valence-electron chi connectivity index (χ3n) is 5.38. The van der Waals surface area contributed by atoms with Crippen LogP contribution >= 0.6 is 0 Å². The summed E-state index contributed by atoms with van der Waals surface area (Å²) in [4.78, 5) is 14.9. The Labute approximate surface area is 147 Å². The van der Waals surface area contributed by atoms with Crippen molar-refractivity contribution in [3.63, 3.8) is 0 Å². The van der Waals surface area contributed by atoms with E-state index in [9.17, 15) is 4.79 Å². The van der Waals surface area contributed by atoms with Gasteiger partial charge in [-0.1, -0.05) is 26.0 Å². The molecule has 134 valence electrons. The summed E-state index contributed by atoms with van der Waals surface area (Å²) in [7, 11) is 2.16. The maximum Gasteiger partial charge on any atom is 0.338 e. The number of hydrogen-bond acceptors (Lipinski definition) is 3. The smallest absolute Gasteiger partial charge is 0.338 e. The van der Waals surface area contributed by atoms with Crippen LogP contribution in [0.15, 0.2) is 24.3 Å². The van der Waals surface area contributed by atoms with Crippen molar-refractivity contribution < 1.29 is 9.53 Å². The summed E-state index contributed by atoms with van der Waals surface area (Å²) in [6.45, 7) is 13.3. The van der Waals surface area contributed by atoms with Gasteiger partial charge < -0.3 is 4.74 Å². The summed E-state index contributed by atoms with van der Waals surface area (Å²) in [6, 6.07) is 7.87. The van der Waals surface area contributed by atoms with Crippen molar-refractivity contribution in [2.75, 3.05) is 7.05 Å². The molecular weight excluding hydrogens is 298 g/mol. The highest BCUT2D eigenvalue weighted by atomic mass is 16.5. The largest absolute Gasteiger partial charge is 0.459 e. The van der Waals surface area contributed by atoms with E-state index in [1.54, 1.807) is 0 Å². The van der Waals surface area contributed by atoms with E-state index >= 15 is 0 Å². The topological polar surface area (TPSA) is 29.5 Å². The SMILES string of the molecule is CC(C)Cc1ccc(C(=O)OC2CC(C)(C)N(C)C(C)(C)C2)cc1. The number of nitrogens with zero attached hydrogens (tertiary/aromatic N) is 1. The Balaban J connectivity index is 2.04. The molecule has 1 aliphatic heterocycles. The lowest BCUT2D eigenvalue weighted by Crippen LogP contribution is -2.60. The maximum absolute atomic E-state index is 12.5. The molecule has 1 aromatic carbocycles. The molecule has 0 saturated carbocycles. The van der Waals surface area contributed by atoms with E-state index in [2.05, 4.69) is 53.5 Å². The summed E-state index contributed by atoms with van der Waals surface area (Å²) in [6.07, 6.45) is 2.73. The molecule has 1 saturated heterocycles. The molecule has 1 heterocycles. The van der Waals surface area contributed by atoms with Gasteiger partial charge in [-0.2, -0.15) is 0 Å². The van der Waals surface area contributed by atoms with E-state index in [-0.39, 0.29) is 23.2 Å². The Bertz CT molecular complexity index is 554. The van der Waals surface area contributed by atoms with Crippen LogP contribution in [0.5, 0.6) is 0 Å². The summed E-state index contributed by atoms with van der Waals surface area (Å²) < 4.78 is 5.85. The number of carbonyl (C=O) groups excluding carboxylic acids is 1. The average Bonchev–Trinajstić information content (AvgIpc) is 2.44. The van der Waals surface area contributed by atoms with E-state index in [4.69, 9.17) is 4.74 Å². The van der Waals surface area contributed by atoms with Gasteiger partial charge in [-0.15, -0.1) is 0 Å².